The van der Waals surface area contributed by atoms with Gasteiger partial charge in [0.05, 0.1) is 0 Å². The van der Waals surface area contributed by atoms with Gasteiger partial charge in [-0.1, -0.05) is 12.1 Å². The van der Waals surface area contributed by atoms with Crippen LogP contribution in [0.15, 0.2) is 24.4 Å². The van der Waals surface area contributed by atoms with E-state index in [1.165, 1.54) is 21.8 Å². The third-order valence-corrected chi connectivity index (χ3v) is 3.09. The number of fused-ring (bicyclic) bond motifs is 3. The van der Waals surface area contributed by atoms with Crippen molar-refractivity contribution >= 4 is 23.5 Å². The number of hydrogen-bond donors (Lipinski definition) is 1. The largest absolute Gasteiger partial charge is 1.00 e. The summed E-state index contributed by atoms with van der Waals surface area (Å²) >= 11 is 0. The van der Waals surface area contributed by atoms with E-state index in [4.69, 9.17) is 0 Å². The molecule has 0 radical (unpaired) electrons. The second kappa shape index (κ2) is 4.22. The third kappa shape index (κ3) is 1.68. The molecular weight excluding hydrogens is 311 g/mol. The number of benzene rings is 1. The molecule has 2 N–H and O–H groups in total. The first kappa shape index (κ1) is 11.7. The van der Waals surface area contributed by atoms with Crippen molar-refractivity contribution in [1.29, 1.82) is 0 Å². The van der Waals surface area contributed by atoms with Crippen molar-refractivity contribution < 1.29 is 29.3 Å². The highest BCUT2D eigenvalue weighted by Crippen LogP contribution is 2.16. The van der Waals surface area contributed by atoms with Crippen molar-refractivity contribution in [2.75, 3.05) is 11.9 Å². The molecule has 0 saturated heterocycles. The zero-order valence-corrected chi connectivity index (χ0v) is 11.6. The summed E-state index contributed by atoms with van der Waals surface area (Å²) in [5.74, 6) is 0. The molecule has 3 rings (SSSR count). The number of nitrogens with two attached hydrogens (primary N) is 1. The quantitative estimate of drug-likeness (QED) is 0.394. The molecule has 0 aliphatic carbocycles. The van der Waals surface area contributed by atoms with Gasteiger partial charge in [-0.2, -0.15) is 0 Å². The Bertz CT molecular complexity index is 560. The van der Waals surface area contributed by atoms with Gasteiger partial charge in [-0.25, -0.2) is 0 Å². The molecule has 2 heterocycles. The molecule has 0 amide bonds. The molecule has 2 aliphatic heterocycles. The van der Waals surface area contributed by atoms with E-state index in [-0.39, 0.29) is 24.0 Å². The minimum absolute atomic E-state index is 0. The van der Waals surface area contributed by atoms with Crippen LogP contribution in [0.5, 0.6) is 0 Å². The normalized spacial score (nSPS) is 20.4. The second-order valence-electron chi connectivity index (χ2n) is 4.32. The maximum Gasteiger partial charge on any atom is 0.161 e. The van der Waals surface area contributed by atoms with Crippen molar-refractivity contribution in [1.82, 2.24) is 0 Å². The Morgan fingerprint density at radius 1 is 1.25 bits per heavy atom. The predicted octanol–water partition coefficient (Wildman–Crippen LogP) is -3.19. The molecule has 3 heteroatoms. The lowest BCUT2D eigenvalue weighted by Gasteiger charge is -2.19. The Balaban J connectivity index is 0.000000963. The van der Waals surface area contributed by atoms with E-state index in [0.29, 0.717) is 6.04 Å². The van der Waals surface area contributed by atoms with E-state index in [9.17, 15) is 0 Å². The van der Waals surface area contributed by atoms with E-state index < -0.39 is 0 Å². The first-order valence-electron chi connectivity index (χ1n) is 5.37. The van der Waals surface area contributed by atoms with Crippen LogP contribution in [0.25, 0.3) is 12.2 Å². The van der Waals surface area contributed by atoms with E-state index in [1.807, 2.05) is 0 Å². The number of quaternary nitrogens is 1. The van der Waals surface area contributed by atoms with Crippen molar-refractivity contribution in [3.8, 4) is 0 Å². The minimum atomic E-state index is 0. The zero-order chi connectivity index (χ0) is 10.4. The molecular formula is C13H15IN2. The summed E-state index contributed by atoms with van der Waals surface area (Å²) in [5.41, 5.74) is 2.73. The summed E-state index contributed by atoms with van der Waals surface area (Å²) in [6, 6.07) is 4.99. The van der Waals surface area contributed by atoms with Gasteiger partial charge in [0.1, 0.15) is 11.7 Å². The number of allylic oxidation sites excluding steroid dienone is 1. The molecule has 84 valence electrons. The second-order valence-corrected chi connectivity index (χ2v) is 4.32. The summed E-state index contributed by atoms with van der Waals surface area (Å²) in [5, 5.41) is 5.03. The number of hydrogen-bond acceptors (Lipinski definition) is 1. The summed E-state index contributed by atoms with van der Waals surface area (Å²) in [7, 11) is 2.11. The summed E-state index contributed by atoms with van der Waals surface area (Å²) in [6.45, 7) is 2.23. The monoisotopic (exact) mass is 326 g/mol. The Morgan fingerprint density at radius 2 is 2.00 bits per heavy atom. The van der Waals surface area contributed by atoms with Gasteiger partial charge >= 0.3 is 0 Å². The van der Waals surface area contributed by atoms with Crippen LogP contribution in [-0.4, -0.2) is 13.1 Å². The topological polar surface area (TPSA) is 19.9 Å². The van der Waals surface area contributed by atoms with Crippen LogP contribution in [-0.2, 0) is 0 Å². The molecule has 2 nitrogen and oxygen atoms in total. The Hall–Kier alpha value is -0.810. The molecule has 16 heavy (non-hydrogen) atoms. The average molecular weight is 326 g/mol. The van der Waals surface area contributed by atoms with E-state index in [0.717, 1.165) is 0 Å². The summed E-state index contributed by atoms with van der Waals surface area (Å²) < 4.78 is 0. The highest BCUT2D eigenvalue weighted by molar-refractivity contribution is 5.72. The molecule has 0 spiro atoms. The predicted molar refractivity (Wildman–Crippen MR) is 63.2 cm³/mol. The van der Waals surface area contributed by atoms with Gasteiger partial charge in [0, 0.05) is 23.7 Å². The maximum absolute atomic E-state index is 2.34. The third-order valence-electron chi connectivity index (χ3n) is 3.09. The van der Waals surface area contributed by atoms with Gasteiger partial charge in [0.15, 0.2) is 5.69 Å². The molecule has 0 aromatic heterocycles. The van der Waals surface area contributed by atoms with Gasteiger partial charge in [-0.15, -0.1) is 0 Å². The molecule has 0 saturated carbocycles. The van der Waals surface area contributed by atoms with Crippen LogP contribution in [0.3, 0.4) is 0 Å². The molecule has 1 aromatic carbocycles. The van der Waals surface area contributed by atoms with E-state index >= 15 is 0 Å². The van der Waals surface area contributed by atoms with Crippen molar-refractivity contribution in [2.24, 2.45) is 0 Å². The average Bonchev–Trinajstić information content (AvgIpc) is 2.58. The maximum atomic E-state index is 2.34. The molecule has 1 aromatic rings. The number of rotatable bonds is 0. The molecule has 2 aliphatic rings. The fourth-order valence-electron chi connectivity index (χ4n) is 2.43. The summed E-state index contributed by atoms with van der Waals surface area (Å²) in [6.07, 6.45) is 8.70. The van der Waals surface area contributed by atoms with E-state index in [2.05, 4.69) is 60.7 Å². The highest BCUT2D eigenvalue weighted by atomic mass is 127. The summed E-state index contributed by atoms with van der Waals surface area (Å²) in [4.78, 5) is 2.20. The Labute approximate surface area is 112 Å². The van der Waals surface area contributed by atoms with Gasteiger partial charge < -0.3 is 34.2 Å². The number of nitrogens with zero attached hydrogens (tertiary/aromatic N) is 1. The van der Waals surface area contributed by atoms with Crippen LogP contribution in [0.4, 0.5) is 11.4 Å². The molecule has 1 unspecified atom stereocenters. The fraction of sp³-hybridized carbons (Fsp3) is 0.231. The Morgan fingerprint density at radius 3 is 2.81 bits per heavy atom. The molecule has 1 atom stereocenters. The van der Waals surface area contributed by atoms with Crippen molar-refractivity contribution in [3.63, 3.8) is 0 Å². The van der Waals surface area contributed by atoms with E-state index in [1.54, 1.807) is 0 Å². The van der Waals surface area contributed by atoms with Crippen LogP contribution >= 0.6 is 0 Å². The minimum Gasteiger partial charge on any atom is -1.00 e. The van der Waals surface area contributed by atoms with Crippen LogP contribution in [0.1, 0.15) is 6.92 Å². The molecule has 0 bridgehead atoms. The van der Waals surface area contributed by atoms with Gasteiger partial charge in [-0.05, 0) is 25.1 Å². The highest BCUT2D eigenvalue weighted by Gasteiger charge is 2.21. The lowest BCUT2D eigenvalue weighted by atomic mass is 10.1. The van der Waals surface area contributed by atoms with Gasteiger partial charge in [-0.3, -0.25) is 0 Å². The SMILES string of the molecule is CC1C=c2ccc3c(c2[NH2+]1)N(C)C=CC=3.[I-]. The Kier molecular flexibility index (Phi) is 3.08. The standard InChI is InChI=1S/C13H14N2.HI/c1-9-8-11-6-5-10-4-3-7-15(2)13(10)12(11)14-9;/h3-9,14H,1-2H3;1H. The fourth-order valence-corrected chi connectivity index (χ4v) is 2.43. The first-order valence-corrected chi connectivity index (χ1v) is 5.37. The number of anilines is 1. The van der Waals surface area contributed by atoms with Crippen LogP contribution in [0.2, 0.25) is 0 Å². The molecule has 0 fully saturated rings. The van der Waals surface area contributed by atoms with Crippen LogP contribution < -0.4 is 44.6 Å². The first-order chi connectivity index (χ1) is 7.25. The zero-order valence-electron chi connectivity index (χ0n) is 9.44. The lowest BCUT2D eigenvalue weighted by molar-refractivity contribution is -0.586. The van der Waals surface area contributed by atoms with Gasteiger partial charge in [0.2, 0.25) is 0 Å². The number of halogens is 1. The van der Waals surface area contributed by atoms with Crippen molar-refractivity contribution in [2.45, 2.75) is 13.0 Å². The smallest absolute Gasteiger partial charge is 0.161 e. The van der Waals surface area contributed by atoms with Gasteiger partial charge in [0.25, 0.3) is 0 Å². The van der Waals surface area contributed by atoms with Crippen LogP contribution in [0, 0.1) is 0 Å². The lowest BCUT2D eigenvalue weighted by Crippen LogP contribution is -3.00. The van der Waals surface area contributed by atoms with Crippen molar-refractivity contribution in [3.05, 3.63) is 34.8 Å².